The third kappa shape index (κ3) is 4.30. The minimum atomic E-state index is -0.598. The van der Waals surface area contributed by atoms with Crippen LogP contribution in [0.2, 0.25) is 5.02 Å². The molecular formula is C22H15ClFN3O4S. The fourth-order valence-electron chi connectivity index (χ4n) is 3.32. The quantitative estimate of drug-likeness (QED) is 0.270. The van der Waals surface area contributed by atoms with Gasteiger partial charge in [-0.2, -0.15) is 0 Å². The first-order valence-corrected chi connectivity index (χ1v) is 10.6. The number of halogens is 2. The molecule has 0 bridgehead atoms. The Kier molecular flexibility index (Phi) is 6.11. The average Bonchev–Trinajstić information content (AvgIpc) is 3.29. The van der Waals surface area contributed by atoms with Gasteiger partial charge in [0.1, 0.15) is 5.82 Å². The monoisotopic (exact) mass is 471 g/mol. The van der Waals surface area contributed by atoms with Crippen molar-refractivity contribution in [2.75, 3.05) is 0 Å². The fraction of sp³-hybridized carbons (Fsp3) is 0.0909. The van der Waals surface area contributed by atoms with E-state index in [1.807, 2.05) is 0 Å². The molecule has 162 valence electrons. The zero-order valence-electron chi connectivity index (χ0n) is 16.4. The first-order chi connectivity index (χ1) is 15.3. The number of imide groups is 1. The van der Waals surface area contributed by atoms with Crippen molar-refractivity contribution < 1.29 is 18.9 Å². The second-order valence-electron chi connectivity index (χ2n) is 6.91. The van der Waals surface area contributed by atoms with Crippen molar-refractivity contribution in [3.63, 3.8) is 0 Å². The predicted molar refractivity (Wildman–Crippen MR) is 120 cm³/mol. The van der Waals surface area contributed by atoms with Crippen LogP contribution in [-0.4, -0.2) is 25.5 Å². The summed E-state index contributed by atoms with van der Waals surface area (Å²) < 4.78 is 15.8. The van der Waals surface area contributed by atoms with Crippen molar-refractivity contribution in [3.8, 4) is 0 Å². The largest absolute Gasteiger partial charge is 0.343 e. The maximum Gasteiger partial charge on any atom is 0.293 e. The molecule has 4 rings (SSSR count). The number of carbonyl (C=O) groups is 2. The molecule has 1 saturated heterocycles. The molecule has 7 nitrogen and oxygen atoms in total. The number of hydrogen-bond donors (Lipinski definition) is 0. The van der Waals surface area contributed by atoms with Gasteiger partial charge in [-0.15, -0.1) is 0 Å². The van der Waals surface area contributed by atoms with Crippen molar-refractivity contribution in [2.45, 2.75) is 13.1 Å². The Bertz CT molecular complexity index is 1250. The Morgan fingerprint density at radius 2 is 1.84 bits per heavy atom. The molecule has 0 saturated carbocycles. The topological polar surface area (TPSA) is 85.5 Å². The number of nitrogens with zero attached hydrogens (tertiary/aromatic N) is 3. The standard InChI is InChI=1S/C22H15ClFN3O4S/c23-17-7-3-8-18(24)16(17)13-26-21(28)20(32-22(26)29)11-15-6-4-10-25(15)12-14-5-1-2-9-19(14)27(30)31/h1-11H,12-13H2/b20-11-. The van der Waals surface area contributed by atoms with E-state index in [1.54, 1.807) is 47.2 Å². The number of rotatable bonds is 6. The van der Waals surface area contributed by atoms with Crippen molar-refractivity contribution in [2.24, 2.45) is 0 Å². The molecule has 32 heavy (non-hydrogen) atoms. The number of aromatic nitrogens is 1. The Morgan fingerprint density at radius 3 is 2.59 bits per heavy atom. The third-order valence-electron chi connectivity index (χ3n) is 4.92. The minimum absolute atomic E-state index is 0.00533. The van der Waals surface area contributed by atoms with Gasteiger partial charge in [0.05, 0.1) is 22.9 Å². The molecule has 2 aromatic carbocycles. The highest BCUT2D eigenvalue weighted by Crippen LogP contribution is 2.35. The van der Waals surface area contributed by atoms with Crippen LogP contribution in [0.1, 0.15) is 16.8 Å². The van der Waals surface area contributed by atoms with Crippen LogP contribution in [0.3, 0.4) is 0 Å². The number of nitro groups is 1. The number of nitro benzene ring substituents is 1. The molecule has 0 unspecified atom stereocenters. The highest BCUT2D eigenvalue weighted by Gasteiger charge is 2.36. The number of thioether (sulfide) groups is 1. The molecular weight excluding hydrogens is 457 g/mol. The van der Waals surface area contributed by atoms with Crippen molar-refractivity contribution in [3.05, 3.63) is 103 Å². The smallest absolute Gasteiger partial charge is 0.293 e. The maximum absolute atomic E-state index is 14.1. The molecule has 0 radical (unpaired) electrons. The summed E-state index contributed by atoms with van der Waals surface area (Å²) >= 11 is 6.77. The summed E-state index contributed by atoms with van der Waals surface area (Å²) in [5, 5.41) is 10.9. The van der Waals surface area contributed by atoms with Crippen LogP contribution in [0.25, 0.3) is 6.08 Å². The van der Waals surface area contributed by atoms with E-state index >= 15 is 0 Å². The summed E-state index contributed by atoms with van der Waals surface area (Å²) in [6.45, 7) is -0.0602. The number of carbonyl (C=O) groups excluding carboxylic acids is 2. The molecule has 0 aliphatic carbocycles. The molecule has 0 N–H and O–H groups in total. The molecule has 1 aliphatic rings. The second-order valence-corrected chi connectivity index (χ2v) is 8.32. The first-order valence-electron chi connectivity index (χ1n) is 9.41. The van der Waals surface area contributed by atoms with Crippen molar-refractivity contribution in [1.29, 1.82) is 0 Å². The van der Waals surface area contributed by atoms with Crippen LogP contribution < -0.4 is 0 Å². The van der Waals surface area contributed by atoms with Gasteiger partial charge >= 0.3 is 0 Å². The molecule has 1 aliphatic heterocycles. The van der Waals surface area contributed by atoms with E-state index in [-0.39, 0.29) is 34.3 Å². The predicted octanol–water partition coefficient (Wildman–Crippen LogP) is 5.47. The van der Waals surface area contributed by atoms with Crippen LogP contribution in [0.4, 0.5) is 14.9 Å². The molecule has 2 amide bonds. The van der Waals surface area contributed by atoms with Crippen LogP contribution in [0, 0.1) is 15.9 Å². The molecule has 3 aromatic rings. The van der Waals surface area contributed by atoms with Crippen LogP contribution in [-0.2, 0) is 17.9 Å². The zero-order valence-corrected chi connectivity index (χ0v) is 18.0. The van der Waals surface area contributed by atoms with Crippen molar-refractivity contribution >= 4 is 46.3 Å². The summed E-state index contributed by atoms with van der Waals surface area (Å²) in [7, 11) is 0. The van der Waals surface area contributed by atoms with E-state index in [2.05, 4.69) is 0 Å². The first kappa shape index (κ1) is 21.8. The van der Waals surface area contributed by atoms with Gasteiger partial charge in [0.2, 0.25) is 0 Å². The summed E-state index contributed by atoms with van der Waals surface area (Å²) in [4.78, 5) is 37.2. The molecule has 2 heterocycles. The van der Waals surface area contributed by atoms with Gasteiger partial charge in [-0.05, 0) is 42.1 Å². The van der Waals surface area contributed by atoms with Gasteiger partial charge < -0.3 is 4.57 Å². The molecule has 1 aromatic heterocycles. The highest BCUT2D eigenvalue weighted by atomic mass is 35.5. The molecule has 10 heteroatoms. The Morgan fingerprint density at radius 1 is 1.06 bits per heavy atom. The van der Waals surface area contributed by atoms with E-state index in [0.717, 1.165) is 16.7 Å². The van der Waals surface area contributed by atoms with Gasteiger partial charge in [0.15, 0.2) is 0 Å². The van der Waals surface area contributed by atoms with Crippen molar-refractivity contribution in [1.82, 2.24) is 9.47 Å². The summed E-state index contributed by atoms with van der Waals surface area (Å²) in [6.07, 6.45) is 3.27. The normalized spacial score (nSPS) is 15.1. The Labute approximate surface area is 191 Å². The summed E-state index contributed by atoms with van der Waals surface area (Å²) in [6, 6.07) is 14.0. The van der Waals surface area contributed by atoms with Crippen LogP contribution >= 0.6 is 23.4 Å². The highest BCUT2D eigenvalue weighted by molar-refractivity contribution is 8.18. The van der Waals surface area contributed by atoms with E-state index in [0.29, 0.717) is 11.3 Å². The number of benzene rings is 2. The summed E-state index contributed by atoms with van der Waals surface area (Å²) in [5.41, 5.74) is 1.16. The van der Waals surface area contributed by atoms with Gasteiger partial charge in [0, 0.05) is 34.1 Å². The Balaban J connectivity index is 1.59. The fourth-order valence-corrected chi connectivity index (χ4v) is 4.37. The van der Waals surface area contributed by atoms with E-state index in [1.165, 1.54) is 24.3 Å². The molecule has 1 fully saturated rings. The lowest BCUT2D eigenvalue weighted by molar-refractivity contribution is -0.385. The van der Waals surface area contributed by atoms with E-state index < -0.39 is 21.9 Å². The minimum Gasteiger partial charge on any atom is -0.343 e. The third-order valence-corrected chi connectivity index (χ3v) is 6.19. The molecule has 0 atom stereocenters. The summed E-state index contributed by atoms with van der Waals surface area (Å²) in [5.74, 6) is -1.16. The van der Waals surface area contributed by atoms with E-state index in [4.69, 9.17) is 11.6 Å². The van der Waals surface area contributed by atoms with Gasteiger partial charge in [-0.25, -0.2) is 4.39 Å². The maximum atomic E-state index is 14.1. The number of para-hydroxylation sites is 1. The van der Waals surface area contributed by atoms with Crippen LogP contribution in [0.5, 0.6) is 0 Å². The number of hydrogen-bond acceptors (Lipinski definition) is 5. The van der Waals surface area contributed by atoms with Gasteiger partial charge in [-0.3, -0.25) is 24.6 Å². The average molecular weight is 472 g/mol. The van der Waals surface area contributed by atoms with Gasteiger partial charge in [0.25, 0.3) is 16.8 Å². The second kappa shape index (κ2) is 8.97. The van der Waals surface area contributed by atoms with E-state index in [9.17, 15) is 24.1 Å². The molecule has 0 spiro atoms. The zero-order chi connectivity index (χ0) is 22.8. The lowest BCUT2D eigenvalue weighted by atomic mass is 10.2. The van der Waals surface area contributed by atoms with Crippen LogP contribution in [0.15, 0.2) is 65.7 Å². The number of amides is 2. The van der Waals surface area contributed by atoms with Gasteiger partial charge in [-0.1, -0.05) is 35.9 Å². The Hall–Kier alpha value is -3.43. The lowest BCUT2D eigenvalue weighted by Crippen LogP contribution is -2.28. The lowest BCUT2D eigenvalue weighted by Gasteiger charge is -2.14. The SMILES string of the molecule is O=C1S/C(=C\c2cccn2Cc2ccccc2[N+](=O)[O-])C(=O)N1Cc1c(F)cccc1Cl.